The average molecular weight is 466 g/mol. The zero-order valence-corrected chi connectivity index (χ0v) is 18.8. The fourth-order valence-corrected chi connectivity index (χ4v) is 4.91. The largest absolute Gasteiger partial charge is 0.457 e. The molecule has 5 nitrogen and oxygen atoms in total. The van der Waals surface area contributed by atoms with Gasteiger partial charge in [-0.05, 0) is 73.0 Å². The highest BCUT2D eigenvalue weighted by Gasteiger charge is 2.44. The first-order valence-corrected chi connectivity index (χ1v) is 11.5. The maximum absolute atomic E-state index is 13.0. The first-order valence-electron chi connectivity index (χ1n) is 11.1. The van der Waals surface area contributed by atoms with Gasteiger partial charge in [0.1, 0.15) is 17.3 Å². The van der Waals surface area contributed by atoms with Crippen LogP contribution in [0.25, 0.3) is 0 Å². The summed E-state index contributed by atoms with van der Waals surface area (Å²) in [5.74, 6) is 0.870. The molecule has 2 bridgehead atoms. The zero-order chi connectivity index (χ0) is 22.8. The quantitative estimate of drug-likeness (QED) is 0.500. The number of amides is 2. The lowest BCUT2D eigenvalue weighted by Gasteiger charge is -2.34. The number of rotatable bonds is 6. The van der Waals surface area contributed by atoms with Gasteiger partial charge >= 0.3 is 6.03 Å². The van der Waals surface area contributed by atoms with Crippen molar-refractivity contribution in [1.82, 2.24) is 9.80 Å². The number of nitrogens with zero attached hydrogens (tertiary/aromatic N) is 2. The first-order chi connectivity index (χ1) is 16.0. The molecular formula is C26H25ClFN3O2. The van der Waals surface area contributed by atoms with Crippen LogP contribution in [0.1, 0.15) is 12.0 Å². The smallest absolute Gasteiger partial charge is 0.322 e. The van der Waals surface area contributed by atoms with Crippen LogP contribution in [-0.4, -0.2) is 47.5 Å². The third-order valence-electron chi connectivity index (χ3n) is 6.40. The van der Waals surface area contributed by atoms with Crippen molar-refractivity contribution in [3.05, 3.63) is 89.2 Å². The van der Waals surface area contributed by atoms with Gasteiger partial charge in [0.25, 0.3) is 0 Å². The summed E-state index contributed by atoms with van der Waals surface area (Å²) in [4.78, 5) is 17.3. The van der Waals surface area contributed by atoms with Crippen LogP contribution in [0.5, 0.6) is 11.5 Å². The van der Waals surface area contributed by atoms with E-state index < -0.39 is 0 Å². The standard InChI is InChI=1S/C26H25ClFN3O2/c27-25-4-2-1-3-18(25)13-14-30-16-22-15-21(30)17-31(22)26(32)29-20-7-11-24(12-8-20)33-23-9-5-19(28)6-10-23/h1-12,21-22H,13-17H2,(H,29,32). The summed E-state index contributed by atoms with van der Waals surface area (Å²) in [5, 5.41) is 3.81. The van der Waals surface area contributed by atoms with Gasteiger partial charge in [0.2, 0.25) is 0 Å². The molecule has 2 fully saturated rings. The number of ether oxygens (including phenoxy) is 1. The van der Waals surface area contributed by atoms with E-state index in [4.69, 9.17) is 16.3 Å². The lowest BCUT2D eigenvalue weighted by molar-refractivity contribution is 0.145. The van der Waals surface area contributed by atoms with Gasteiger partial charge in [0, 0.05) is 42.4 Å². The van der Waals surface area contributed by atoms with Crippen LogP contribution in [0.4, 0.5) is 14.9 Å². The molecule has 1 N–H and O–H groups in total. The number of hydrogen-bond donors (Lipinski definition) is 1. The van der Waals surface area contributed by atoms with Crippen molar-refractivity contribution < 1.29 is 13.9 Å². The van der Waals surface area contributed by atoms with Crippen LogP contribution >= 0.6 is 11.6 Å². The van der Waals surface area contributed by atoms with Crippen molar-refractivity contribution >= 4 is 23.3 Å². The van der Waals surface area contributed by atoms with E-state index in [1.54, 1.807) is 36.4 Å². The van der Waals surface area contributed by atoms with Crippen molar-refractivity contribution in [3.8, 4) is 11.5 Å². The number of carbonyl (C=O) groups excluding carboxylic acids is 1. The maximum Gasteiger partial charge on any atom is 0.322 e. The average Bonchev–Trinajstić information content (AvgIpc) is 3.42. The van der Waals surface area contributed by atoms with E-state index in [1.807, 2.05) is 23.1 Å². The Hall–Kier alpha value is -3.09. The third-order valence-corrected chi connectivity index (χ3v) is 6.76. The van der Waals surface area contributed by atoms with Gasteiger partial charge in [-0.2, -0.15) is 0 Å². The SMILES string of the molecule is O=C(Nc1ccc(Oc2ccc(F)cc2)cc1)N1CC2CC1CN2CCc1ccccc1Cl. The van der Waals surface area contributed by atoms with Gasteiger partial charge in [0.15, 0.2) is 0 Å². The second kappa shape index (κ2) is 9.41. The molecule has 5 rings (SSSR count). The Morgan fingerprint density at radius 3 is 2.33 bits per heavy atom. The number of carbonyl (C=O) groups is 1. The molecule has 33 heavy (non-hydrogen) atoms. The fraction of sp³-hybridized carbons (Fsp3) is 0.269. The Kier molecular flexibility index (Phi) is 6.20. The Balaban J connectivity index is 1.12. The Labute approximate surface area is 197 Å². The first kappa shape index (κ1) is 21.7. The van der Waals surface area contributed by atoms with Gasteiger partial charge in [0.05, 0.1) is 0 Å². The topological polar surface area (TPSA) is 44.8 Å². The number of urea groups is 1. The number of benzene rings is 3. The van der Waals surface area contributed by atoms with Crippen molar-refractivity contribution in [3.63, 3.8) is 0 Å². The van der Waals surface area contributed by atoms with Gasteiger partial charge in [-0.15, -0.1) is 0 Å². The molecule has 2 saturated heterocycles. The minimum atomic E-state index is -0.306. The molecule has 2 heterocycles. The predicted octanol–water partition coefficient (Wildman–Crippen LogP) is 5.80. The van der Waals surface area contributed by atoms with E-state index in [2.05, 4.69) is 16.3 Å². The monoisotopic (exact) mass is 465 g/mol. The van der Waals surface area contributed by atoms with Crippen LogP contribution in [0, 0.1) is 5.82 Å². The molecule has 3 aromatic rings. The Bertz CT molecular complexity index is 1120. The van der Waals surface area contributed by atoms with E-state index >= 15 is 0 Å². The molecule has 2 aliphatic heterocycles. The van der Waals surface area contributed by atoms with Crippen molar-refractivity contribution in [2.24, 2.45) is 0 Å². The summed E-state index contributed by atoms with van der Waals surface area (Å²) >= 11 is 6.29. The number of piperazine rings is 1. The van der Waals surface area contributed by atoms with Crippen LogP contribution in [0.3, 0.4) is 0 Å². The lowest BCUT2D eigenvalue weighted by atomic mass is 10.1. The highest BCUT2D eigenvalue weighted by Crippen LogP contribution is 2.32. The highest BCUT2D eigenvalue weighted by molar-refractivity contribution is 6.31. The molecule has 2 aliphatic rings. The van der Waals surface area contributed by atoms with E-state index in [-0.39, 0.29) is 17.9 Å². The highest BCUT2D eigenvalue weighted by atomic mass is 35.5. The summed E-state index contributed by atoms with van der Waals surface area (Å²) in [7, 11) is 0. The Morgan fingerprint density at radius 1 is 0.970 bits per heavy atom. The predicted molar refractivity (Wildman–Crippen MR) is 128 cm³/mol. The van der Waals surface area contributed by atoms with E-state index in [0.29, 0.717) is 23.2 Å². The molecule has 2 amide bonds. The summed E-state index contributed by atoms with van der Waals surface area (Å²) in [6, 6.07) is 21.6. The number of halogens is 2. The van der Waals surface area contributed by atoms with Crippen molar-refractivity contribution in [1.29, 1.82) is 0 Å². The fourth-order valence-electron chi connectivity index (χ4n) is 4.68. The molecule has 0 saturated carbocycles. The number of likely N-dealkylation sites (tertiary alicyclic amines) is 2. The molecular weight excluding hydrogens is 441 g/mol. The number of hydrogen-bond acceptors (Lipinski definition) is 3. The molecule has 0 aromatic heterocycles. The van der Waals surface area contributed by atoms with E-state index in [0.717, 1.165) is 37.5 Å². The van der Waals surface area contributed by atoms with Crippen LogP contribution in [-0.2, 0) is 6.42 Å². The molecule has 0 aliphatic carbocycles. The van der Waals surface area contributed by atoms with E-state index in [1.165, 1.54) is 17.7 Å². The number of nitrogens with one attached hydrogen (secondary N) is 1. The van der Waals surface area contributed by atoms with Crippen molar-refractivity contribution in [2.75, 3.05) is 25.0 Å². The normalized spacial score (nSPS) is 19.6. The molecule has 0 spiro atoms. The zero-order valence-electron chi connectivity index (χ0n) is 18.1. The molecule has 170 valence electrons. The van der Waals surface area contributed by atoms with E-state index in [9.17, 15) is 9.18 Å². The lowest BCUT2D eigenvalue weighted by Crippen LogP contribution is -2.50. The molecule has 7 heteroatoms. The second-order valence-corrected chi connectivity index (χ2v) is 8.95. The molecule has 2 atom stereocenters. The van der Waals surface area contributed by atoms with Gasteiger partial charge in [-0.3, -0.25) is 4.90 Å². The summed E-state index contributed by atoms with van der Waals surface area (Å²) in [6.07, 6.45) is 1.93. The maximum atomic E-state index is 13.0. The third kappa shape index (κ3) is 4.97. The summed E-state index contributed by atoms with van der Waals surface area (Å²) < 4.78 is 18.7. The summed E-state index contributed by atoms with van der Waals surface area (Å²) in [5.41, 5.74) is 1.88. The van der Waals surface area contributed by atoms with Crippen LogP contribution < -0.4 is 10.1 Å². The number of anilines is 1. The second-order valence-electron chi connectivity index (χ2n) is 8.54. The minimum Gasteiger partial charge on any atom is -0.457 e. The number of fused-ring (bicyclic) bond motifs is 2. The minimum absolute atomic E-state index is 0.0690. The van der Waals surface area contributed by atoms with Gasteiger partial charge in [-0.25, -0.2) is 9.18 Å². The summed E-state index contributed by atoms with van der Waals surface area (Å²) in [6.45, 7) is 2.59. The van der Waals surface area contributed by atoms with Gasteiger partial charge in [-0.1, -0.05) is 29.8 Å². The molecule has 0 radical (unpaired) electrons. The molecule has 3 aromatic carbocycles. The van der Waals surface area contributed by atoms with Crippen LogP contribution in [0.15, 0.2) is 72.8 Å². The Morgan fingerprint density at radius 2 is 1.67 bits per heavy atom. The van der Waals surface area contributed by atoms with Crippen molar-refractivity contribution in [2.45, 2.75) is 24.9 Å². The molecule has 2 unspecified atom stereocenters. The van der Waals surface area contributed by atoms with Gasteiger partial charge < -0.3 is 15.0 Å². The van der Waals surface area contributed by atoms with Crippen LogP contribution in [0.2, 0.25) is 5.02 Å².